The van der Waals surface area contributed by atoms with Gasteiger partial charge in [0.1, 0.15) is 12.2 Å². The number of aliphatic hydroxyl groups is 1. The van der Waals surface area contributed by atoms with Gasteiger partial charge in [-0.05, 0) is 91.2 Å². The molecule has 0 saturated carbocycles. The second-order valence-corrected chi connectivity index (χ2v) is 16.1. The standard InChI is InChI=1S/C41H59FN4O9/c1-10-32-41(7)35(45-39(50)55-41)26(5)43-21-23(2)18-31(51-17-13-14-27-20-28-15-11-12-16-29(28)44-22-27)34(25(4)36(48)40(6,42)38(49)53-32)54-37-33(47)30(46(8)9)19-24(3)52-37/h11-16,20,22-26,30-35,37,43,47H,10,17-19,21H2,1-9H3,(H,45,50)/b14-13+/t23-,24?,25-,26-,30?,31-,32-,33?,34-,35-,37+,40?,41-/m1/s1. The topological polar surface area (TPSA) is 158 Å². The van der Waals surface area contributed by atoms with E-state index in [1.54, 1.807) is 20.0 Å². The summed E-state index contributed by atoms with van der Waals surface area (Å²) < 4.78 is 47.5. The largest absolute Gasteiger partial charge is 0.455 e. The van der Waals surface area contributed by atoms with Gasteiger partial charge in [-0.2, -0.15) is 0 Å². The number of carbonyl (C=O) groups is 3. The van der Waals surface area contributed by atoms with Crippen LogP contribution in [0.5, 0.6) is 0 Å². The normalized spacial score (nSPS) is 38.3. The number of nitrogens with one attached hydrogen (secondary N) is 2. The number of ketones is 1. The number of nitrogens with zero attached hydrogens (tertiary/aromatic N) is 2. The Bertz CT molecular complexity index is 1690. The van der Waals surface area contributed by atoms with Gasteiger partial charge in [-0.3, -0.25) is 9.78 Å². The summed E-state index contributed by atoms with van der Waals surface area (Å²) in [4.78, 5) is 47.0. The molecular formula is C41H59FN4O9. The lowest BCUT2D eigenvalue weighted by Crippen LogP contribution is -2.60. The highest BCUT2D eigenvalue weighted by atomic mass is 19.1. The fourth-order valence-electron chi connectivity index (χ4n) is 8.13. The molecule has 3 saturated heterocycles. The Balaban J connectivity index is 1.50. The van der Waals surface area contributed by atoms with Gasteiger partial charge >= 0.3 is 12.1 Å². The Morgan fingerprint density at radius 1 is 1.11 bits per heavy atom. The van der Waals surface area contributed by atoms with Crippen LogP contribution >= 0.6 is 0 Å². The maximum Gasteiger partial charge on any atom is 0.408 e. The molecule has 2 aromatic rings. The predicted octanol–water partition coefficient (Wildman–Crippen LogP) is 4.58. The summed E-state index contributed by atoms with van der Waals surface area (Å²) in [5.41, 5.74) is -2.74. The highest BCUT2D eigenvalue weighted by Gasteiger charge is 2.57. The van der Waals surface area contributed by atoms with E-state index >= 15 is 4.39 Å². The average Bonchev–Trinajstić information content (AvgIpc) is 3.46. The van der Waals surface area contributed by atoms with Gasteiger partial charge in [0.05, 0.1) is 36.5 Å². The molecule has 0 aliphatic carbocycles. The number of hydrogen-bond acceptors (Lipinski definition) is 12. The summed E-state index contributed by atoms with van der Waals surface area (Å²) in [5.74, 6) is -3.86. The number of hydrogen-bond donors (Lipinski definition) is 3. The molecule has 3 aliphatic rings. The molecule has 3 aliphatic heterocycles. The zero-order valence-corrected chi connectivity index (χ0v) is 33.5. The van der Waals surface area contributed by atoms with E-state index < -0.39 is 71.8 Å². The minimum absolute atomic E-state index is 0.0938. The molecule has 4 unspecified atom stereocenters. The molecular weight excluding hydrogens is 711 g/mol. The average molecular weight is 771 g/mol. The number of ether oxygens (including phenoxy) is 5. The molecule has 3 N–H and O–H groups in total. The molecule has 13 nitrogen and oxygen atoms in total. The predicted molar refractivity (Wildman–Crippen MR) is 205 cm³/mol. The molecule has 0 spiro atoms. The molecule has 55 heavy (non-hydrogen) atoms. The Morgan fingerprint density at radius 2 is 1.84 bits per heavy atom. The molecule has 4 heterocycles. The monoisotopic (exact) mass is 770 g/mol. The van der Waals surface area contributed by atoms with Crippen molar-refractivity contribution in [1.29, 1.82) is 0 Å². The highest BCUT2D eigenvalue weighted by Crippen LogP contribution is 2.36. The van der Waals surface area contributed by atoms with Crippen molar-refractivity contribution in [3.8, 4) is 0 Å². The van der Waals surface area contributed by atoms with Crippen molar-refractivity contribution in [3.05, 3.63) is 48.2 Å². The van der Waals surface area contributed by atoms with Crippen LogP contribution in [0, 0.1) is 11.8 Å². The van der Waals surface area contributed by atoms with Gasteiger partial charge < -0.3 is 44.3 Å². The lowest BCUT2D eigenvalue weighted by atomic mass is 9.84. The second kappa shape index (κ2) is 17.7. The van der Waals surface area contributed by atoms with Crippen LogP contribution in [-0.4, -0.2) is 126 Å². The number of carbonyl (C=O) groups excluding carboxylic acids is 3. The van der Waals surface area contributed by atoms with Gasteiger partial charge in [-0.15, -0.1) is 0 Å². The van der Waals surface area contributed by atoms with Crippen molar-refractivity contribution < 1.29 is 47.6 Å². The molecule has 1 aromatic heterocycles. The minimum atomic E-state index is -3.12. The van der Waals surface area contributed by atoms with Crippen LogP contribution in [-0.2, 0) is 33.3 Å². The Hall–Kier alpha value is -3.53. The van der Waals surface area contributed by atoms with Crippen molar-refractivity contribution in [2.75, 3.05) is 27.2 Å². The molecule has 14 heteroatoms. The van der Waals surface area contributed by atoms with Crippen LogP contribution in [0.15, 0.2) is 42.6 Å². The maximum atomic E-state index is 16.8. The van der Waals surface area contributed by atoms with E-state index in [0.717, 1.165) is 23.4 Å². The van der Waals surface area contributed by atoms with Gasteiger partial charge in [-0.1, -0.05) is 51.1 Å². The first-order valence-electron chi connectivity index (χ1n) is 19.4. The summed E-state index contributed by atoms with van der Waals surface area (Å²) in [6.45, 7) is 12.1. The minimum Gasteiger partial charge on any atom is -0.455 e. The van der Waals surface area contributed by atoms with E-state index in [9.17, 15) is 19.5 Å². The Morgan fingerprint density at radius 3 is 2.55 bits per heavy atom. The number of alkyl halides is 1. The number of para-hydroxylation sites is 1. The van der Waals surface area contributed by atoms with Crippen molar-refractivity contribution >= 4 is 34.8 Å². The van der Waals surface area contributed by atoms with Crippen LogP contribution in [0.4, 0.5) is 9.18 Å². The van der Waals surface area contributed by atoms with Crippen LogP contribution in [0.1, 0.15) is 73.3 Å². The van der Waals surface area contributed by atoms with Gasteiger partial charge in [0.25, 0.3) is 5.67 Å². The van der Waals surface area contributed by atoms with Gasteiger partial charge in [0.15, 0.2) is 17.7 Å². The number of cyclic esters (lactones) is 1. The first kappa shape index (κ1) is 42.6. The molecule has 1 aromatic carbocycles. The Labute approximate surface area is 323 Å². The van der Waals surface area contributed by atoms with Crippen LogP contribution in [0.3, 0.4) is 0 Å². The first-order valence-corrected chi connectivity index (χ1v) is 19.4. The number of alkyl carbamates (subject to hydrolysis) is 1. The summed E-state index contributed by atoms with van der Waals surface area (Å²) in [5, 5.41) is 18.8. The zero-order chi connectivity index (χ0) is 40.2. The van der Waals surface area contributed by atoms with Crippen molar-refractivity contribution in [2.45, 2.75) is 134 Å². The van der Waals surface area contributed by atoms with Crippen molar-refractivity contribution in [3.63, 3.8) is 0 Å². The zero-order valence-electron chi connectivity index (χ0n) is 33.5. The summed E-state index contributed by atoms with van der Waals surface area (Å²) >= 11 is 0. The van der Waals surface area contributed by atoms with Gasteiger partial charge in [0.2, 0.25) is 0 Å². The number of aliphatic hydroxyl groups excluding tert-OH is 1. The SMILES string of the molecule is CC[C@H]1OC(=O)C(C)(F)C(=O)[C@H](C)[C@@H](O[C@@H]2OC(C)CC(N(C)C)C2O)[C@H](OC/C=C/c2cnc3ccccc3c2)C[C@@H](C)CN[C@H](C)[C@H]2NC(=O)O[C@@]21C. The van der Waals surface area contributed by atoms with Crippen molar-refractivity contribution in [1.82, 2.24) is 20.5 Å². The number of rotatable bonds is 8. The van der Waals surface area contributed by atoms with E-state index in [1.165, 1.54) is 6.92 Å². The number of fused-ring (bicyclic) bond motifs is 2. The molecule has 0 radical (unpaired) electrons. The second-order valence-electron chi connectivity index (χ2n) is 16.1. The van der Waals surface area contributed by atoms with E-state index in [-0.39, 0.29) is 37.1 Å². The van der Waals surface area contributed by atoms with Crippen molar-refractivity contribution in [2.24, 2.45) is 11.8 Å². The number of aromatic nitrogens is 1. The van der Waals surface area contributed by atoms with E-state index in [1.807, 2.05) is 82.3 Å². The molecule has 0 bridgehead atoms. The Kier molecular flexibility index (Phi) is 13.7. The number of pyridine rings is 1. The molecule has 1 amide bonds. The third-order valence-electron chi connectivity index (χ3n) is 11.4. The van der Waals surface area contributed by atoms with Crippen LogP contribution < -0.4 is 10.6 Å². The number of benzene rings is 1. The van der Waals surface area contributed by atoms with E-state index in [4.69, 9.17) is 23.7 Å². The smallest absolute Gasteiger partial charge is 0.408 e. The molecule has 13 atom stereocenters. The molecule has 3 fully saturated rings. The highest BCUT2D eigenvalue weighted by molar-refractivity contribution is 6.07. The fraction of sp³-hybridized carbons (Fsp3) is 0.659. The lowest BCUT2D eigenvalue weighted by Gasteiger charge is -2.44. The number of halogens is 1. The number of likely N-dealkylation sites (N-methyl/N-ethyl adjacent to an activating group) is 1. The van der Waals surface area contributed by atoms with E-state index in [0.29, 0.717) is 19.4 Å². The quantitative estimate of drug-likeness (QED) is 0.254. The summed E-state index contributed by atoms with van der Waals surface area (Å²) in [7, 11) is 3.71. The number of esters is 1. The third-order valence-corrected chi connectivity index (χ3v) is 11.4. The maximum absolute atomic E-state index is 16.8. The first-order chi connectivity index (χ1) is 26.0. The van der Waals surface area contributed by atoms with E-state index in [2.05, 4.69) is 15.6 Å². The lowest BCUT2D eigenvalue weighted by molar-refractivity contribution is -0.285. The summed E-state index contributed by atoms with van der Waals surface area (Å²) in [6.07, 6.45) is 0.199. The molecule has 304 valence electrons. The summed E-state index contributed by atoms with van der Waals surface area (Å²) in [6, 6.07) is 8.49. The van der Waals surface area contributed by atoms with Crippen LogP contribution in [0.25, 0.3) is 17.0 Å². The number of amides is 1. The van der Waals surface area contributed by atoms with Gasteiger partial charge in [-0.25, -0.2) is 14.0 Å². The van der Waals surface area contributed by atoms with Gasteiger partial charge in [0, 0.05) is 29.6 Å². The fourth-order valence-corrected chi connectivity index (χ4v) is 8.13. The number of Topliss-reactive ketones (excluding diaryl/α,β-unsaturated/α-hetero) is 1. The third kappa shape index (κ3) is 9.54. The van der Waals surface area contributed by atoms with Crippen LogP contribution in [0.2, 0.25) is 0 Å². The molecule has 5 rings (SSSR count).